The van der Waals surface area contributed by atoms with Gasteiger partial charge < -0.3 is 15.7 Å². The van der Waals surface area contributed by atoms with E-state index in [0.717, 1.165) is 39.0 Å². The largest absolute Gasteiger partial charge is 0.326 e. The minimum atomic E-state index is 0.343. The van der Waals surface area contributed by atoms with Gasteiger partial charge in [-0.3, -0.25) is 0 Å². The Hall–Kier alpha value is -4.17. The molecule has 1 aromatic heterocycles. The molecule has 0 radical (unpaired) electrons. The number of benzene rings is 4. The zero-order valence-corrected chi connectivity index (χ0v) is 17.5. The van der Waals surface area contributed by atoms with Gasteiger partial charge in [-0.25, -0.2) is 0 Å². The average molecular weight is 412 g/mol. The van der Waals surface area contributed by atoms with Gasteiger partial charge in [0.2, 0.25) is 0 Å². The van der Waals surface area contributed by atoms with Gasteiger partial charge in [-0.1, -0.05) is 54.6 Å². The van der Waals surface area contributed by atoms with Crippen molar-refractivity contribution in [3.05, 3.63) is 113 Å². The first-order valence-electron chi connectivity index (χ1n) is 10.7. The Morgan fingerprint density at radius 1 is 0.875 bits per heavy atom. The van der Waals surface area contributed by atoms with E-state index in [9.17, 15) is 0 Å². The summed E-state index contributed by atoms with van der Waals surface area (Å²) in [5.41, 5.74) is 16.6. The van der Waals surface area contributed by atoms with Crippen LogP contribution in [0.5, 0.6) is 0 Å². The fourth-order valence-electron chi connectivity index (χ4n) is 4.89. The number of fused-ring (bicyclic) bond motifs is 4. The normalized spacial score (nSPS) is 12.8. The maximum absolute atomic E-state index is 8.18. The van der Waals surface area contributed by atoms with Crippen molar-refractivity contribution in [2.24, 2.45) is 5.73 Å². The first-order chi connectivity index (χ1) is 15.8. The first kappa shape index (κ1) is 18.6. The van der Waals surface area contributed by atoms with E-state index in [4.69, 9.17) is 11.1 Å². The molecule has 0 fully saturated rings. The summed E-state index contributed by atoms with van der Waals surface area (Å²) in [7, 11) is 0. The number of para-hydroxylation sites is 1. The van der Waals surface area contributed by atoms with Crippen LogP contribution in [0, 0.1) is 5.41 Å². The second-order valence-electron chi connectivity index (χ2n) is 8.03. The lowest BCUT2D eigenvalue weighted by atomic mass is 9.95. The number of nitrogens with two attached hydrogens (primary N) is 1. The van der Waals surface area contributed by atoms with E-state index in [1.165, 1.54) is 27.8 Å². The van der Waals surface area contributed by atoms with Crippen LogP contribution in [0.2, 0.25) is 0 Å². The molecule has 0 saturated heterocycles. The van der Waals surface area contributed by atoms with Crippen molar-refractivity contribution in [1.29, 1.82) is 5.41 Å². The molecule has 152 valence electrons. The fourth-order valence-corrected chi connectivity index (χ4v) is 4.89. The summed E-state index contributed by atoms with van der Waals surface area (Å²) in [6.45, 7) is 0.343. The molecule has 1 heterocycles. The molecule has 1 aliphatic rings. The van der Waals surface area contributed by atoms with Crippen LogP contribution in [-0.2, 0) is 6.54 Å². The van der Waals surface area contributed by atoms with Crippen LogP contribution in [0.25, 0.3) is 43.8 Å². The van der Waals surface area contributed by atoms with Crippen LogP contribution >= 0.6 is 0 Å². The van der Waals surface area contributed by atoms with Crippen molar-refractivity contribution < 1.29 is 0 Å². The highest BCUT2D eigenvalue weighted by Gasteiger charge is 2.19. The Labute approximate surface area is 185 Å². The Bertz CT molecular complexity index is 1660. The number of hydrogen-bond donors (Lipinski definition) is 2. The van der Waals surface area contributed by atoms with Crippen LogP contribution in [0.15, 0.2) is 96.8 Å². The van der Waals surface area contributed by atoms with Gasteiger partial charge in [0.15, 0.2) is 0 Å². The molecule has 0 unspecified atom stereocenters. The minimum Gasteiger partial charge on any atom is -0.326 e. The minimum absolute atomic E-state index is 0.343. The van der Waals surface area contributed by atoms with E-state index >= 15 is 0 Å². The first-order valence-corrected chi connectivity index (χ1v) is 10.7. The highest BCUT2D eigenvalue weighted by atomic mass is 15.0. The molecule has 32 heavy (non-hydrogen) atoms. The molecular weight excluding hydrogens is 390 g/mol. The van der Waals surface area contributed by atoms with Crippen LogP contribution in [0.1, 0.15) is 16.7 Å². The Morgan fingerprint density at radius 2 is 1.66 bits per heavy atom. The van der Waals surface area contributed by atoms with E-state index in [1.54, 1.807) is 0 Å². The lowest BCUT2D eigenvalue weighted by Gasteiger charge is -2.18. The van der Waals surface area contributed by atoms with Crippen LogP contribution in [0.3, 0.4) is 0 Å². The zero-order valence-electron chi connectivity index (χ0n) is 17.5. The fraction of sp³-hybridized carbons (Fsp3) is 0.0345. The standard InChI is InChI=1S/C29H21N3/c30-17-25-22(19-7-1-2-8-19)13-14-28(26(25)18-31)32-27-12-6-5-11-23(27)24-15-20-9-3-4-10-21(20)16-29(24)32/h1-7,9-17,30H,18,31H2. The average Bonchev–Trinajstić information content (AvgIpc) is 3.48. The van der Waals surface area contributed by atoms with Crippen LogP contribution in [0.4, 0.5) is 0 Å². The van der Waals surface area contributed by atoms with Crippen molar-refractivity contribution >= 4 is 44.4 Å². The molecule has 4 aromatic carbocycles. The molecule has 0 spiro atoms. The third kappa shape index (κ3) is 2.63. The molecule has 0 bridgehead atoms. The van der Waals surface area contributed by atoms with Crippen molar-refractivity contribution in [3.8, 4) is 5.69 Å². The van der Waals surface area contributed by atoms with Crippen molar-refractivity contribution in [2.45, 2.75) is 6.54 Å². The zero-order chi connectivity index (χ0) is 21.7. The molecule has 1 aliphatic carbocycles. The number of allylic oxidation sites excluding steroid dienone is 3. The highest BCUT2D eigenvalue weighted by Crippen LogP contribution is 2.37. The predicted molar refractivity (Wildman–Crippen MR) is 135 cm³/mol. The third-order valence-corrected chi connectivity index (χ3v) is 6.35. The lowest BCUT2D eigenvalue weighted by Crippen LogP contribution is -2.10. The topological polar surface area (TPSA) is 54.8 Å². The van der Waals surface area contributed by atoms with Gasteiger partial charge in [-0.15, -0.1) is 5.73 Å². The van der Waals surface area contributed by atoms with E-state index in [-0.39, 0.29) is 0 Å². The van der Waals surface area contributed by atoms with Gasteiger partial charge in [0.25, 0.3) is 0 Å². The molecule has 0 amide bonds. The van der Waals surface area contributed by atoms with Crippen molar-refractivity contribution in [3.63, 3.8) is 0 Å². The summed E-state index contributed by atoms with van der Waals surface area (Å²) in [5.74, 6) is 0. The Morgan fingerprint density at radius 3 is 2.41 bits per heavy atom. The van der Waals surface area contributed by atoms with Gasteiger partial charge in [0.05, 0.1) is 16.7 Å². The van der Waals surface area contributed by atoms with Gasteiger partial charge >= 0.3 is 0 Å². The molecule has 0 aliphatic heterocycles. The molecular formula is C29H21N3. The lowest BCUT2D eigenvalue weighted by molar-refractivity contribution is 1.02. The van der Waals surface area contributed by atoms with Crippen LogP contribution in [-0.4, -0.2) is 10.8 Å². The monoisotopic (exact) mass is 411 g/mol. The number of aromatic nitrogens is 1. The molecule has 3 N–H and O–H groups in total. The molecule has 3 heteroatoms. The van der Waals surface area contributed by atoms with Crippen molar-refractivity contribution in [2.75, 3.05) is 0 Å². The number of nitrogens with one attached hydrogen (secondary N) is 1. The summed E-state index contributed by atoms with van der Waals surface area (Å²) in [4.78, 5) is 0. The number of rotatable bonds is 4. The SMILES string of the molecule is N=Cc1c(C2=C=CC=C2)ccc(-n2c3ccccc3c3cc4ccccc4cc32)c1CN. The number of hydrogen-bond acceptors (Lipinski definition) is 2. The van der Waals surface area contributed by atoms with E-state index in [0.29, 0.717) is 6.54 Å². The van der Waals surface area contributed by atoms with Crippen LogP contribution < -0.4 is 5.73 Å². The van der Waals surface area contributed by atoms with Gasteiger partial charge in [0, 0.05) is 34.7 Å². The molecule has 0 saturated carbocycles. The molecule has 5 aromatic rings. The van der Waals surface area contributed by atoms with E-state index < -0.39 is 0 Å². The third-order valence-electron chi connectivity index (χ3n) is 6.35. The highest BCUT2D eigenvalue weighted by molar-refractivity contribution is 6.13. The summed E-state index contributed by atoms with van der Waals surface area (Å²) in [6.07, 6.45) is 7.31. The van der Waals surface area contributed by atoms with E-state index in [2.05, 4.69) is 83.1 Å². The van der Waals surface area contributed by atoms with Gasteiger partial charge in [0.1, 0.15) is 0 Å². The molecule has 3 nitrogen and oxygen atoms in total. The van der Waals surface area contributed by atoms with Gasteiger partial charge in [-0.05, 0) is 58.3 Å². The smallest absolute Gasteiger partial charge is 0.0547 e. The van der Waals surface area contributed by atoms with E-state index in [1.807, 2.05) is 18.2 Å². The predicted octanol–water partition coefficient (Wildman–Crippen LogP) is 6.50. The Balaban J connectivity index is 1.75. The second-order valence-corrected chi connectivity index (χ2v) is 8.03. The number of nitrogens with zero attached hydrogens (tertiary/aromatic N) is 1. The summed E-state index contributed by atoms with van der Waals surface area (Å²) >= 11 is 0. The summed E-state index contributed by atoms with van der Waals surface area (Å²) in [5, 5.41) is 13.0. The quantitative estimate of drug-likeness (QED) is 0.257. The molecule has 0 atom stereocenters. The Kier molecular flexibility index (Phi) is 4.19. The van der Waals surface area contributed by atoms with Gasteiger partial charge in [-0.2, -0.15) is 0 Å². The second kappa shape index (κ2) is 7.21. The molecule has 6 rings (SSSR count). The summed E-state index contributed by atoms with van der Waals surface area (Å²) < 4.78 is 2.30. The maximum atomic E-state index is 8.18. The summed E-state index contributed by atoms with van der Waals surface area (Å²) in [6, 6.07) is 25.7. The van der Waals surface area contributed by atoms with Crippen molar-refractivity contribution in [1.82, 2.24) is 4.57 Å². The maximum Gasteiger partial charge on any atom is 0.0547 e.